The Bertz CT molecular complexity index is 2070. The van der Waals surface area contributed by atoms with Gasteiger partial charge in [0.05, 0.1) is 16.7 Å². The van der Waals surface area contributed by atoms with Gasteiger partial charge < -0.3 is 4.57 Å². The van der Waals surface area contributed by atoms with Gasteiger partial charge in [-0.2, -0.15) is 0 Å². The molecule has 0 atom stereocenters. The molecule has 4 nitrogen and oxygen atoms in total. The third kappa shape index (κ3) is 3.50. The van der Waals surface area contributed by atoms with Crippen molar-refractivity contribution in [3.63, 3.8) is 0 Å². The molecule has 0 amide bonds. The van der Waals surface area contributed by atoms with E-state index in [0.717, 1.165) is 22.3 Å². The molecule has 0 fully saturated rings. The van der Waals surface area contributed by atoms with Gasteiger partial charge in [0.25, 0.3) is 0 Å². The molecule has 0 saturated heterocycles. The van der Waals surface area contributed by atoms with Gasteiger partial charge in [0.2, 0.25) is 0 Å². The fourth-order valence-electron chi connectivity index (χ4n) is 6.47. The fraction of sp³-hybridized carbons (Fsp3) is 0.108. The maximum atomic E-state index is 5.06. The highest BCUT2D eigenvalue weighted by molar-refractivity contribution is 6.11. The molecule has 0 radical (unpaired) electrons. The summed E-state index contributed by atoms with van der Waals surface area (Å²) < 4.78 is 2.45. The zero-order valence-corrected chi connectivity index (χ0v) is 23.3. The summed E-state index contributed by atoms with van der Waals surface area (Å²) >= 11 is 0. The van der Waals surface area contributed by atoms with Gasteiger partial charge in [0.1, 0.15) is 0 Å². The Balaban J connectivity index is 1.43. The maximum absolute atomic E-state index is 5.06. The predicted octanol–water partition coefficient (Wildman–Crippen LogP) is 8.92. The molecule has 0 bridgehead atoms. The first-order chi connectivity index (χ1) is 20.0. The smallest absolute Gasteiger partial charge is 0.164 e. The molecule has 0 spiro atoms. The van der Waals surface area contributed by atoms with Gasteiger partial charge in [0.15, 0.2) is 17.5 Å². The highest BCUT2D eigenvalue weighted by Crippen LogP contribution is 2.48. The molecule has 0 N–H and O–H groups in total. The molecule has 0 saturated carbocycles. The fourth-order valence-corrected chi connectivity index (χ4v) is 6.47. The van der Waals surface area contributed by atoms with Crippen LogP contribution < -0.4 is 0 Å². The molecular formula is C37H28N4. The van der Waals surface area contributed by atoms with Crippen LogP contribution in [-0.4, -0.2) is 19.5 Å². The van der Waals surface area contributed by atoms with Crippen molar-refractivity contribution in [3.8, 4) is 39.9 Å². The van der Waals surface area contributed by atoms with Gasteiger partial charge in [-0.05, 0) is 35.7 Å². The summed E-state index contributed by atoms with van der Waals surface area (Å²) in [7, 11) is 0. The number of para-hydroxylation sites is 2. The number of aromatic nitrogens is 4. The van der Waals surface area contributed by atoms with Crippen LogP contribution in [0.4, 0.5) is 0 Å². The number of hydrogen-bond donors (Lipinski definition) is 0. The van der Waals surface area contributed by atoms with Crippen LogP contribution in [0.3, 0.4) is 0 Å². The molecular weight excluding hydrogens is 500 g/mol. The average Bonchev–Trinajstić information content (AvgIpc) is 3.35. The minimum atomic E-state index is -0.161. The molecule has 7 aromatic rings. The molecule has 2 aromatic heterocycles. The summed E-state index contributed by atoms with van der Waals surface area (Å²) in [6.07, 6.45) is 0. The Labute approximate surface area is 239 Å². The SMILES string of the molecule is Cc1cc2c(cc1-c1nc(-c3ccccc3)nc(-c3ccccc3)n1)-n1c3ccccc3c3cccc(c31)C2(C)C. The lowest BCUT2D eigenvalue weighted by molar-refractivity contribution is 0.629. The van der Waals surface area contributed by atoms with Crippen LogP contribution in [0.25, 0.3) is 61.7 Å². The zero-order chi connectivity index (χ0) is 27.7. The van der Waals surface area contributed by atoms with Gasteiger partial charge >= 0.3 is 0 Å². The van der Waals surface area contributed by atoms with E-state index in [2.05, 4.69) is 104 Å². The van der Waals surface area contributed by atoms with Crippen LogP contribution in [-0.2, 0) is 5.41 Å². The first-order valence-corrected chi connectivity index (χ1v) is 14.1. The minimum absolute atomic E-state index is 0.161. The molecule has 196 valence electrons. The molecule has 1 aliphatic rings. The third-order valence-electron chi connectivity index (χ3n) is 8.57. The van der Waals surface area contributed by atoms with E-state index in [1.54, 1.807) is 0 Å². The van der Waals surface area contributed by atoms with Crippen LogP contribution in [0.15, 0.2) is 115 Å². The molecule has 4 heteroatoms. The second-order valence-electron chi connectivity index (χ2n) is 11.4. The number of hydrogen-bond acceptors (Lipinski definition) is 3. The van der Waals surface area contributed by atoms with Crippen molar-refractivity contribution in [2.24, 2.45) is 0 Å². The maximum Gasteiger partial charge on any atom is 0.164 e. The number of aryl methyl sites for hydroxylation is 1. The predicted molar refractivity (Wildman–Crippen MR) is 167 cm³/mol. The van der Waals surface area contributed by atoms with Crippen molar-refractivity contribution >= 4 is 21.8 Å². The highest BCUT2D eigenvalue weighted by atomic mass is 15.0. The summed E-state index contributed by atoms with van der Waals surface area (Å²) in [6, 6.07) is 40.4. The number of nitrogens with zero attached hydrogens (tertiary/aromatic N) is 4. The van der Waals surface area contributed by atoms with E-state index in [-0.39, 0.29) is 5.41 Å². The minimum Gasteiger partial charge on any atom is -0.309 e. The Kier molecular flexibility index (Phi) is 5.05. The van der Waals surface area contributed by atoms with Gasteiger partial charge in [-0.1, -0.05) is 117 Å². The average molecular weight is 529 g/mol. The van der Waals surface area contributed by atoms with Crippen molar-refractivity contribution in [1.29, 1.82) is 0 Å². The van der Waals surface area contributed by atoms with Gasteiger partial charge in [0, 0.05) is 32.9 Å². The molecule has 8 rings (SSSR count). The molecule has 3 heterocycles. The Morgan fingerprint density at radius 1 is 0.561 bits per heavy atom. The summed E-state index contributed by atoms with van der Waals surface area (Å²) in [6.45, 7) is 6.85. The number of rotatable bonds is 3. The second-order valence-corrected chi connectivity index (χ2v) is 11.4. The van der Waals surface area contributed by atoms with Crippen LogP contribution in [0.1, 0.15) is 30.5 Å². The third-order valence-corrected chi connectivity index (χ3v) is 8.57. The Hall–Kier alpha value is -5.09. The van der Waals surface area contributed by atoms with Crippen LogP contribution in [0, 0.1) is 6.92 Å². The van der Waals surface area contributed by atoms with E-state index >= 15 is 0 Å². The zero-order valence-electron chi connectivity index (χ0n) is 23.3. The standard InChI is InChI=1S/C37H28N4/c1-23-21-30-32(41-31-20-11-10-17-26(31)27-18-12-19-29(33(27)41)37(30,2)3)22-28(23)36-39-34(24-13-6-4-7-14-24)38-35(40-36)25-15-8-5-9-16-25/h4-22H,1-3H3. The molecule has 0 unspecified atom stereocenters. The van der Waals surface area contributed by atoms with Crippen LogP contribution in [0.2, 0.25) is 0 Å². The number of fused-ring (bicyclic) bond motifs is 5. The van der Waals surface area contributed by atoms with E-state index in [1.165, 1.54) is 38.6 Å². The van der Waals surface area contributed by atoms with Crippen molar-refractivity contribution in [2.45, 2.75) is 26.2 Å². The van der Waals surface area contributed by atoms with Crippen molar-refractivity contribution in [3.05, 3.63) is 132 Å². The van der Waals surface area contributed by atoms with Crippen LogP contribution in [0.5, 0.6) is 0 Å². The molecule has 1 aliphatic heterocycles. The van der Waals surface area contributed by atoms with Gasteiger partial charge in [-0.15, -0.1) is 0 Å². The first-order valence-electron chi connectivity index (χ1n) is 14.1. The van der Waals surface area contributed by atoms with Crippen molar-refractivity contribution < 1.29 is 0 Å². The second kappa shape index (κ2) is 8.70. The van der Waals surface area contributed by atoms with E-state index in [4.69, 9.17) is 15.0 Å². The first kappa shape index (κ1) is 23.8. The van der Waals surface area contributed by atoms with E-state index < -0.39 is 0 Å². The summed E-state index contributed by atoms with van der Waals surface area (Å²) in [4.78, 5) is 15.0. The van der Waals surface area contributed by atoms with Crippen LogP contribution >= 0.6 is 0 Å². The van der Waals surface area contributed by atoms with Crippen molar-refractivity contribution in [1.82, 2.24) is 19.5 Å². The molecule has 0 aliphatic carbocycles. The Morgan fingerprint density at radius 2 is 1.15 bits per heavy atom. The normalized spacial score (nSPS) is 13.4. The van der Waals surface area contributed by atoms with E-state index in [1.807, 2.05) is 36.4 Å². The largest absolute Gasteiger partial charge is 0.309 e. The van der Waals surface area contributed by atoms with E-state index in [0.29, 0.717) is 17.5 Å². The molecule has 41 heavy (non-hydrogen) atoms. The topological polar surface area (TPSA) is 43.6 Å². The van der Waals surface area contributed by atoms with E-state index in [9.17, 15) is 0 Å². The van der Waals surface area contributed by atoms with Gasteiger partial charge in [-0.25, -0.2) is 15.0 Å². The highest BCUT2D eigenvalue weighted by Gasteiger charge is 2.35. The summed E-state index contributed by atoms with van der Waals surface area (Å²) in [5.74, 6) is 2.03. The Morgan fingerprint density at radius 3 is 1.83 bits per heavy atom. The quantitative estimate of drug-likeness (QED) is 0.230. The monoisotopic (exact) mass is 528 g/mol. The lowest BCUT2D eigenvalue weighted by Crippen LogP contribution is -2.26. The summed E-state index contributed by atoms with van der Waals surface area (Å²) in [5.41, 5.74) is 10.3. The van der Waals surface area contributed by atoms with Gasteiger partial charge in [-0.3, -0.25) is 0 Å². The lowest BCUT2D eigenvalue weighted by atomic mass is 9.74. The molecule has 5 aromatic carbocycles. The van der Waals surface area contributed by atoms with Crippen molar-refractivity contribution in [2.75, 3.05) is 0 Å². The number of benzene rings is 5. The summed E-state index contributed by atoms with van der Waals surface area (Å²) in [5, 5.41) is 2.56. The lowest BCUT2D eigenvalue weighted by Gasteiger charge is -2.35.